The Labute approximate surface area is 138 Å². The lowest BCUT2D eigenvalue weighted by Crippen LogP contribution is -2.50. The first-order chi connectivity index (χ1) is 11.2. The minimum Gasteiger partial charge on any atom is -0.390 e. The third-order valence-electron chi connectivity index (χ3n) is 4.71. The Kier molecular flexibility index (Phi) is 5.44. The summed E-state index contributed by atoms with van der Waals surface area (Å²) >= 11 is 0. The molecule has 3 rings (SSSR count). The van der Waals surface area contributed by atoms with E-state index < -0.39 is 12.2 Å². The van der Waals surface area contributed by atoms with Crippen molar-refractivity contribution in [2.24, 2.45) is 0 Å². The van der Waals surface area contributed by atoms with Crippen molar-refractivity contribution in [1.29, 1.82) is 0 Å². The van der Waals surface area contributed by atoms with Crippen molar-refractivity contribution in [2.75, 3.05) is 0 Å². The molecule has 0 radical (unpaired) electrons. The van der Waals surface area contributed by atoms with Crippen LogP contribution in [0.1, 0.15) is 30.4 Å². The van der Waals surface area contributed by atoms with Crippen LogP contribution in [-0.4, -0.2) is 33.4 Å². The van der Waals surface area contributed by atoms with Gasteiger partial charge in [0.15, 0.2) is 0 Å². The molecule has 2 N–H and O–H groups in total. The SMILES string of the molecule is O[C@@H]1[C@H](O)CCC[C@@H]1N(Cc1ccccc1)Cc1ccccc1. The molecule has 23 heavy (non-hydrogen) atoms. The Hall–Kier alpha value is -1.68. The quantitative estimate of drug-likeness (QED) is 0.892. The molecule has 0 saturated heterocycles. The largest absolute Gasteiger partial charge is 0.390 e. The fraction of sp³-hybridized carbons (Fsp3) is 0.400. The van der Waals surface area contributed by atoms with Crippen molar-refractivity contribution in [3.63, 3.8) is 0 Å². The molecule has 0 spiro atoms. The Balaban J connectivity index is 1.80. The van der Waals surface area contributed by atoms with Crippen molar-refractivity contribution in [3.8, 4) is 0 Å². The molecule has 0 amide bonds. The van der Waals surface area contributed by atoms with Gasteiger partial charge >= 0.3 is 0 Å². The van der Waals surface area contributed by atoms with E-state index in [9.17, 15) is 10.2 Å². The maximum absolute atomic E-state index is 10.5. The number of aliphatic hydroxyl groups is 2. The van der Waals surface area contributed by atoms with Gasteiger partial charge in [-0.25, -0.2) is 0 Å². The summed E-state index contributed by atoms with van der Waals surface area (Å²) in [6.45, 7) is 1.56. The summed E-state index contributed by atoms with van der Waals surface area (Å²) in [4.78, 5) is 2.30. The van der Waals surface area contributed by atoms with Gasteiger partial charge in [0.25, 0.3) is 0 Å². The topological polar surface area (TPSA) is 43.7 Å². The van der Waals surface area contributed by atoms with Gasteiger partial charge < -0.3 is 10.2 Å². The summed E-state index contributed by atoms with van der Waals surface area (Å²) in [5.74, 6) is 0. The van der Waals surface area contributed by atoms with E-state index in [-0.39, 0.29) is 6.04 Å². The summed E-state index contributed by atoms with van der Waals surface area (Å²) in [7, 11) is 0. The summed E-state index contributed by atoms with van der Waals surface area (Å²) in [5, 5.41) is 20.5. The number of hydrogen-bond donors (Lipinski definition) is 2. The molecular formula is C20H25NO2. The lowest BCUT2D eigenvalue weighted by atomic mass is 9.88. The zero-order chi connectivity index (χ0) is 16.1. The highest BCUT2D eigenvalue weighted by Gasteiger charge is 2.34. The molecule has 122 valence electrons. The van der Waals surface area contributed by atoms with Crippen LogP contribution in [0.15, 0.2) is 60.7 Å². The minimum atomic E-state index is -0.670. The van der Waals surface area contributed by atoms with Gasteiger partial charge in [0.2, 0.25) is 0 Å². The van der Waals surface area contributed by atoms with Crippen LogP contribution < -0.4 is 0 Å². The molecule has 3 heteroatoms. The van der Waals surface area contributed by atoms with Gasteiger partial charge in [0, 0.05) is 19.1 Å². The van der Waals surface area contributed by atoms with Crippen LogP contribution in [0, 0.1) is 0 Å². The van der Waals surface area contributed by atoms with E-state index in [1.807, 2.05) is 36.4 Å². The molecule has 1 aliphatic rings. The number of benzene rings is 2. The lowest BCUT2D eigenvalue weighted by molar-refractivity contribution is -0.0689. The molecule has 0 aromatic heterocycles. The van der Waals surface area contributed by atoms with E-state index >= 15 is 0 Å². The van der Waals surface area contributed by atoms with E-state index in [1.54, 1.807) is 0 Å². The van der Waals surface area contributed by atoms with Gasteiger partial charge in [0.05, 0.1) is 12.2 Å². The second-order valence-electron chi connectivity index (χ2n) is 6.43. The smallest absolute Gasteiger partial charge is 0.0953 e. The molecule has 0 heterocycles. The predicted molar refractivity (Wildman–Crippen MR) is 91.8 cm³/mol. The van der Waals surface area contributed by atoms with Crippen molar-refractivity contribution in [1.82, 2.24) is 4.90 Å². The van der Waals surface area contributed by atoms with Crippen molar-refractivity contribution < 1.29 is 10.2 Å². The monoisotopic (exact) mass is 311 g/mol. The zero-order valence-corrected chi connectivity index (χ0v) is 13.4. The summed E-state index contributed by atoms with van der Waals surface area (Å²) < 4.78 is 0. The first-order valence-electron chi connectivity index (χ1n) is 8.42. The molecule has 0 unspecified atom stereocenters. The van der Waals surface area contributed by atoms with E-state index in [2.05, 4.69) is 29.2 Å². The van der Waals surface area contributed by atoms with Gasteiger partial charge in [-0.1, -0.05) is 60.7 Å². The Morgan fingerprint density at radius 1 is 0.783 bits per heavy atom. The second-order valence-corrected chi connectivity index (χ2v) is 6.43. The maximum atomic E-state index is 10.5. The number of hydrogen-bond acceptors (Lipinski definition) is 3. The van der Waals surface area contributed by atoms with Gasteiger partial charge in [-0.3, -0.25) is 4.90 Å². The highest BCUT2D eigenvalue weighted by molar-refractivity contribution is 5.17. The highest BCUT2D eigenvalue weighted by Crippen LogP contribution is 2.26. The molecule has 3 atom stereocenters. The first kappa shape index (κ1) is 16.2. The summed E-state index contributed by atoms with van der Waals surface area (Å²) in [5.41, 5.74) is 2.46. The number of aliphatic hydroxyl groups excluding tert-OH is 2. The van der Waals surface area contributed by atoms with Gasteiger partial charge in [-0.2, -0.15) is 0 Å². The van der Waals surface area contributed by atoms with Crippen LogP contribution in [0.5, 0.6) is 0 Å². The maximum Gasteiger partial charge on any atom is 0.0953 e. The predicted octanol–water partition coefficient (Wildman–Crippen LogP) is 2.96. The molecule has 2 aromatic carbocycles. The van der Waals surface area contributed by atoms with Crippen LogP contribution in [0.25, 0.3) is 0 Å². The molecule has 1 saturated carbocycles. The van der Waals surface area contributed by atoms with Crippen LogP contribution in [-0.2, 0) is 13.1 Å². The Morgan fingerprint density at radius 3 is 1.83 bits per heavy atom. The van der Waals surface area contributed by atoms with Gasteiger partial charge in [0.1, 0.15) is 0 Å². The van der Waals surface area contributed by atoms with E-state index in [1.165, 1.54) is 11.1 Å². The Morgan fingerprint density at radius 2 is 1.30 bits per heavy atom. The van der Waals surface area contributed by atoms with Crippen molar-refractivity contribution >= 4 is 0 Å². The van der Waals surface area contributed by atoms with Crippen LogP contribution in [0.4, 0.5) is 0 Å². The second kappa shape index (κ2) is 7.73. The van der Waals surface area contributed by atoms with Crippen LogP contribution in [0.3, 0.4) is 0 Å². The van der Waals surface area contributed by atoms with Crippen LogP contribution >= 0.6 is 0 Å². The molecular weight excluding hydrogens is 286 g/mol. The summed E-state index contributed by atoms with van der Waals surface area (Å²) in [6.07, 6.45) is 1.31. The van der Waals surface area contributed by atoms with Crippen molar-refractivity contribution in [3.05, 3.63) is 71.8 Å². The normalized spacial score (nSPS) is 24.7. The molecule has 3 nitrogen and oxygen atoms in total. The standard InChI is InChI=1S/C20H25NO2/c22-19-13-7-12-18(20(19)23)21(14-16-8-3-1-4-9-16)15-17-10-5-2-6-11-17/h1-6,8-11,18-20,22-23H,7,12-15H2/t18-,19+,20-/m0/s1. The fourth-order valence-corrected chi connectivity index (χ4v) is 3.46. The Bertz CT molecular complexity index is 546. The first-order valence-corrected chi connectivity index (χ1v) is 8.42. The van der Waals surface area contributed by atoms with E-state index in [0.29, 0.717) is 6.42 Å². The van der Waals surface area contributed by atoms with E-state index in [4.69, 9.17) is 0 Å². The average Bonchev–Trinajstić information content (AvgIpc) is 2.59. The number of rotatable bonds is 5. The molecule has 0 aliphatic heterocycles. The number of nitrogens with zero attached hydrogens (tertiary/aromatic N) is 1. The lowest BCUT2D eigenvalue weighted by Gasteiger charge is -2.40. The molecule has 0 bridgehead atoms. The third kappa shape index (κ3) is 4.20. The van der Waals surface area contributed by atoms with E-state index in [0.717, 1.165) is 25.9 Å². The average molecular weight is 311 g/mol. The van der Waals surface area contributed by atoms with Gasteiger partial charge in [-0.15, -0.1) is 0 Å². The van der Waals surface area contributed by atoms with Crippen molar-refractivity contribution in [2.45, 2.75) is 50.6 Å². The molecule has 2 aromatic rings. The van der Waals surface area contributed by atoms with Gasteiger partial charge in [-0.05, 0) is 30.4 Å². The minimum absolute atomic E-state index is 0.000776. The summed E-state index contributed by atoms with van der Waals surface area (Å²) in [6, 6.07) is 20.7. The molecule has 1 aliphatic carbocycles. The van der Waals surface area contributed by atoms with Crippen LogP contribution in [0.2, 0.25) is 0 Å². The molecule has 1 fully saturated rings. The highest BCUT2D eigenvalue weighted by atomic mass is 16.3. The third-order valence-corrected chi connectivity index (χ3v) is 4.71. The zero-order valence-electron chi connectivity index (χ0n) is 13.4. The fourth-order valence-electron chi connectivity index (χ4n) is 3.46.